The molecule has 0 radical (unpaired) electrons. The summed E-state index contributed by atoms with van der Waals surface area (Å²) in [6.07, 6.45) is 5.59. The molecule has 0 aromatic heterocycles. The lowest BCUT2D eigenvalue weighted by atomic mass is 9.85. The minimum atomic E-state index is -0.668. The fourth-order valence-corrected chi connectivity index (χ4v) is 2.06. The van der Waals surface area contributed by atoms with Crippen LogP contribution in [0.1, 0.15) is 12.8 Å². The van der Waals surface area contributed by atoms with Crippen molar-refractivity contribution in [2.75, 3.05) is 5.33 Å². The molecule has 0 saturated heterocycles. The highest BCUT2D eigenvalue weighted by Gasteiger charge is 2.27. The Kier molecular flexibility index (Phi) is 3.12. The van der Waals surface area contributed by atoms with Crippen molar-refractivity contribution in [3.05, 3.63) is 12.2 Å². The van der Waals surface area contributed by atoms with E-state index in [-0.39, 0.29) is 11.8 Å². The quantitative estimate of drug-likeness (QED) is 0.570. The molecular formula is C8H11BrO2. The second kappa shape index (κ2) is 3.90. The Morgan fingerprint density at radius 1 is 1.55 bits per heavy atom. The summed E-state index contributed by atoms with van der Waals surface area (Å²) in [5.74, 6) is -0.573. The summed E-state index contributed by atoms with van der Waals surface area (Å²) in [5.41, 5.74) is 0. The monoisotopic (exact) mass is 218 g/mol. The van der Waals surface area contributed by atoms with Gasteiger partial charge in [-0.3, -0.25) is 4.79 Å². The van der Waals surface area contributed by atoms with E-state index < -0.39 is 5.97 Å². The zero-order chi connectivity index (χ0) is 8.27. The molecule has 3 heteroatoms. The molecule has 0 fully saturated rings. The normalized spacial score (nSPS) is 30.3. The standard InChI is InChI=1S/C8H11BrO2/c9-5-6-3-1-2-4-7(6)8(10)11/h1-2,6-7H,3-5H2,(H,10,11). The van der Waals surface area contributed by atoms with E-state index in [9.17, 15) is 4.79 Å². The highest BCUT2D eigenvalue weighted by molar-refractivity contribution is 9.09. The van der Waals surface area contributed by atoms with Crippen LogP contribution in [0.5, 0.6) is 0 Å². The van der Waals surface area contributed by atoms with Gasteiger partial charge < -0.3 is 5.11 Å². The number of carboxylic acids is 1. The van der Waals surface area contributed by atoms with Gasteiger partial charge in [-0.15, -0.1) is 0 Å². The van der Waals surface area contributed by atoms with Gasteiger partial charge in [-0.25, -0.2) is 0 Å². The largest absolute Gasteiger partial charge is 0.481 e. The molecule has 1 N–H and O–H groups in total. The molecule has 0 spiro atoms. The van der Waals surface area contributed by atoms with E-state index >= 15 is 0 Å². The van der Waals surface area contributed by atoms with Gasteiger partial charge in [-0.1, -0.05) is 28.1 Å². The maximum absolute atomic E-state index is 10.7. The SMILES string of the molecule is O=C(O)C1CC=CCC1CBr. The third-order valence-corrected chi connectivity index (χ3v) is 2.91. The Morgan fingerprint density at radius 3 is 2.64 bits per heavy atom. The van der Waals surface area contributed by atoms with E-state index in [4.69, 9.17) is 5.11 Å². The van der Waals surface area contributed by atoms with Crippen LogP contribution < -0.4 is 0 Å². The maximum Gasteiger partial charge on any atom is 0.307 e. The van der Waals surface area contributed by atoms with Crippen LogP contribution in [0.15, 0.2) is 12.2 Å². The third-order valence-electron chi connectivity index (χ3n) is 2.08. The molecule has 0 bridgehead atoms. The molecule has 2 nitrogen and oxygen atoms in total. The Hall–Kier alpha value is -0.310. The first kappa shape index (κ1) is 8.78. The Balaban J connectivity index is 2.61. The molecule has 11 heavy (non-hydrogen) atoms. The lowest BCUT2D eigenvalue weighted by Crippen LogP contribution is -2.25. The van der Waals surface area contributed by atoms with Gasteiger partial charge in [0.15, 0.2) is 0 Å². The van der Waals surface area contributed by atoms with Crippen LogP contribution in [0.3, 0.4) is 0 Å². The van der Waals surface area contributed by atoms with Crippen molar-refractivity contribution in [1.29, 1.82) is 0 Å². The zero-order valence-electron chi connectivity index (χ0n) is 6.16. The van der Waals surface area contributed by atoms with Gasteiger partial charge in [0.05, 0.1) is 5.92 Å². The van der Waals surface area contributed by atoms with Crippen molar-refractivity contribution in [2.24, 2.45) is 11.8 Å². The molecule has 0 saturated carbocycles. The molecule has 1 rings (SSSR count). The predicted octanol–water partition coefficient (Wildman–Crippen LogP) is 2.05. The summed E-state index contributed by atoms with van der Waals surface area (Å²) in [6.45, 7) is 0. The second-order valence-electron chi connectivity index (χ2n) is 2.80. The first-order chi connectivity index (χ1) is 5.25. The molecule has 2 atom stereocenters. The number of carboxylic acid groups (broad SMARTS) is 1. The van der Waals surface area contributed by atoms with Crippen molar-refractivity contribution in [2.45, 2.75) is 12.8 Å². The lowest BCUT2D eigenvalue weighted by molar-refractivity contribution is -0.143. The van der Waals surface area contributed by atoms with Gasteiger partial charge in [0.25, 0.3) is 0 Å². The first-order valence-electron chi connectivity index (χ1n) is 3.69. The predicted molar refractivity (Wildman–Crippen MR) is 46.8 cm³/mol. The fourth-order valence-electron chi connectivity index (χ4n) is 1.34. The summed E-state index contributed by atoms with van der Waals surface area (Å²) >= 11 is 3.32. The van der Waals surface area contributed by atoms with E-state index in [1.165, 1.54) is 0 Å². The summed E-state index contributed by atoms with van der Waals surface area (Å²) in [4.78, 5) is 10.7. The lowest BCUT2D eigenvalue weighted by Gasteiger charge is -2.22. The molecule has 2 unspecified atom stereocenters. The average Bonchev–Trinajstić information content (AvgIpc) is 2.04. The number of carbonyl (C=O) groups is 1. The topological polar surface area (TPSA) is 37.3 Å². The Bertz CT molecular complexity index is 177. The Labute approximate surface area is 74.4 Å². The summed E-state index contributed by atoms with van der Waals surface area (Å²) in [7, 11) is 0. The van der Waals surface area contributed by atoms with Crippen LogP contribution in [0.25, 0.3) is 0 Å². The number of alkyl halides is 1. The van der Waals surface area contributed by atoms with Crippen molar-refractivity contribution in [3.63, 3.8) is 0 Å². The smallest absolute Gasteiger partial charge is 0.307 e. The molecule has 0 heterocycles. The molecule has 1 aliphatic carbocycles. The minimum Gasteiger partial charge on any atom is -0.481 e. The number of rotatable bonds is 2. The number of halogens is 1. The summed E-state index contributed by atoms with van der Waals surface area (Å²) in [5, 5.41) is 9.57. The van der Waals surface area contributed by atoms with Crippen molar-refractivity contribution >= 4 is 21.9 Å². The van der Waals surface area contributed by atoms with Crippen LogP contribution in [-0.4, -0.2) is 16.4 Å². The van der Waals surface area contributed by atoms with Crippen molar-refractivity contribution < 1.29 is 9.90 Å². The molecule has 0 aromatic carbocycles. The van der Waals surface area contributed by atoms with Gasteiger partial charge in [0, 0.05) is 5.33 Å². The average molecular weight is 219 g/mol. The summed E-state index contributed by atoms with van der Waals surface area (Å²) in [6, 6.07) is 0. The van der Waals surface area contributed by atoms with Crippen LogP contribution in [0.2, 0.25) is 0 Å². The van der Waals surface area contributed by atoms with Crippen LogP contribution in [0, 0.1) is 11.8 Å². The van der Waals surface area contributed by atoms with Crippen molar-refractivity contribution in [3.8, 4) is 0 Å². The van der Waals surface area contributed by atoms with Crippen molar-refractivity contribution in [1.82, 2.24) is 0 Å². The highest BCUT2D eigenvalue weighted by atomic mass is 79.9. The van der Waals surface area contributed by atoms with E-state index in [1.54, 1.807) is 0 Å². The van der Waals surface area contributed by atoms with Gasteiger partial charge in [-0.2, -0.15) is 0 Å². The molecule has 0 amide bonds. The first-order valence-corrected chi connectivity index (χ1v) is 4.81. The fraction of sp³-hybridized carbons (Fsp3) is 0.625. The molecule has 0 aliphatic heterocycles. The van der Waals surface area contributed by atoms with E-state index in [1.807, 2.05) is 6.08 Å². The number of hydrogen-bond acceptors (Lipinski definition) is 1. The number of hydrogen-bond donors (Lipinski definition) is 1. The van der Waals surface area contributed by atoms with Gasteiger partial charge in [0.2, 0.25) is 0 Å². The molecular weight excluding hydrogens is 208 g/mol. The molecule has 62 valence electrons. The van der Waals surface area contributed by atoms with Gasteiger partial charge in [0.1, 0.15) is 0 Å². The second-order valence-corrected chi connectivity index (χ2v) is 3.45. The third kappa shape index (κ3) is 2.06. The maximum atomic E-state index is 10.7. The van der Waals surface area contributed by atoms with E-state index in [2.05, 4.69) is 22.0 Å². The number of aliphatic carboxylic acids is 1. The van der Waals surface area contributed by atoms with Gasteiger partial charge in [-0.05, 0) is 18.8 Å². The summed E-state index contributed by atoms with van der Waals surface area (Å²) < 4.78 is 0. The van der Waals surface area contributed by atoms with E-state index in [0.29, 0.717) is 6.42 Å². The van der Waals surface area contributed by atoms with Crippen LogP contribution >= 0.6 is 15.9 Å². The Morgan fingerprint density at radius 2 is 2.18 bits per heavy atom. The molecule has 0 aromatic rings. The number of allylic oxidation sites excluding steroid dienone is 2. The van der Waals surface area contributed by atoms with Crippen LogP contribution in [-0.2, 0) is 4.79 Å². The molecule has 1 aliphatic rings. The van der Waals surface area contributed by atoms with Crippen LogP contribution in [0.4, 0.5) is 0 Å². The zero-order valence-corrected chi connectivity index (χ0v) is 7.75. The highest BCUT2D eigenvalue weighted by Crippen LogP contribution is 2.26. The minimum absolute atomic E-state index is 0.181. The van der Waals surface area contributed by atoms with Gasteiger partial charge >= 0.3 is 5.97 Å². The van der Waals surface area contributed by atoms with E-state index in [0.717, 1.165) is 11.8 Å².